The molecular weight excluding hydrogens is 244 g/mol. The number of ether oxygens (including phenoxy) is 1. The first-order chi connectivity index (χ1) is 7.91. The van der Waals surface area contributed by atoms with E-state index in [0.717, 1.165) is 0 Å². The predicted molar refractivity (Wildman–Crippen MR) is 49.0 cm³/mol. The lowest BCUT2D eigenvalue weighted by Gasteiger charge is -2.10. The third kappa shape index (κ3) is 2.32. The molecule has 1 rings (SSSR count). The Bertz CT molecular complexity index is 430. The normalized spacial score (nSPS) is 10.4. The predicted octanol–water partition coefficient (Wildman–Crippen LogP) is 2.73. The monoisotopic (exact) mass is 252 g/mol. The molecule has 17 heavy (non-hydrogen) atoms. The Hall–Kier alpha value is -1.79. The molecule has 1 N–H and O–H groups in total. The highest BCUT2D eigenvalue weighted by atomic mass is 19.2. The van der Waals surface area contributed by atoms with E-state index in [-0.39, 0.29) is 6.61 Å². The maximum Gasteiger partial charge on any atom is 0.341 e. The van der Waals surface area contributed by atoms with Crippen LogP contribution in [0.5, 0.6) is 5.75 Å². The van der Waals surface area contributed by atoms with Crippen LogP contribution in [0.25, 0.3) is 0 Å². The van der Waals surface area contributed by atoms with Crippen LogP contribution in [0.3, 0.4) is 0 Å². The Morgan fingerprint density at radius 1 is 1.12 bits per heavy atom. The molecule has 0 bridgehead atoms. The number of carboxylic acids is 1. The summed E-state index contributed by atoms with van der Waals surface area (Å²) in [7, 11) is 0. The molecule has 0 amide bonds. The lowest BCUT2D eigenvalue weighted by molar-refractivity contribution is 0.0682. The average molecular weight is 252 g/mol. The van der Waals surface area contributed by atoms with Gasteiger partial charge in [-0.3, -0.25) is 0 Å². The topological polar surface area (TPSA) is 46.5 Å². The van der Waals surface area contributed by atoms with E-state index in [9.17, 15) is 22.4 Å². The van der Waals surface area contributed by atoms with E-state index < -0.39 is 40.6 Å². The van der Waals surface area contributed by atoms with Gasteiger partial charge in [0.25, 0.3) is 0 Å². The van der Waals surface area contributed by atoms with Crippen LogP contribution in [0.15, 0.2) is 0 Å². The minimum absolute atomic E-state index is 0.154. The summed E-state index contributed by atoms with van der Waals surface area (Å²) in [4.78, 5) is 10.4. The number of halogens is 4. The van der Waals surface area contributed by atoms with E-state index >= 15 is 0 Å². The zero-order chi connectivity index (χ0) is 13.2. The van der Waals surface area contributed by atoms with Crippen molar-refractivity contribution in [1.82, 2.24) is 0 Å². The zero-order valence-corrected chi connectivity index (χ0v) is 8.69. The highest BCUT2D eigenvalue weighted by Gasteiger charge is 2.30. The summed E-state index contributed by atoms with van der Waals surface area (Å²) in [5.74, 6) is -11.0. The minimum atomic E-state index is -2.10. The maximum absolute atomic E-state index is 13.2. The standard InChI is InChI=1S/C10H8F4O3/c1-2-3-17-9-7(13)5(11)4(10(15)16)6(12)8(9)14/h2-3H2,1H3,(H,15,16). The van der Waals surface area contributed by atoms with Gasteiger partial charge in [-0.15, -0.1) is 0 Å². The minimum Gasteiger partial charge on any atom is -0.487 e. The second kappa shape index (κ2) is 5.03. The molecule has 1 aromatic carbocycles. The van der Waals surface area contributed by atoms with Gasteiger partial charge in [0, 0.05) is 0 Å². The molecule has 0 radical (unpaired) electrons. The third-order valence-electron chi connectivity index (χ3n) is 1.89. The molecule has 0 saturated heterocycles. The second-order valence-corrected chi connectivity index (χ2v) is 3.11. The average Bonchev–Trinajstić information content (AvgIpc) is 2.26. The fourth-order valence-electron chi connectivity index (χ4n) is 1.13. The third-order valence-corrected chi connectivity index (χ3v) is 1.89. The molecule has 0 aliphatic rings. The summed E-state index contributed by atoms with van der Waals surface area (Å²) in [6, 6.07) is 0. The molecule has 7 heteroatoms. The summed E-state index contributed by atoms with van der Waals surface area (Å²) < 4.78 is 57.2. The van der Waals surface area contributed by atoms with Gasteiger partial charge in [-0.25, -0.2) is 13.6 Å². The van der Waals surface area contributed by atoms with Crippen LogP contribution in [-0.4, -0.2) is 17.7 Å². The molecule has 1 aromatic rings. The maximum atomic E-state index is 13.2. The van der Waals surface area contributed by atoms with Crippen LogP contribution in [0, 0.1) is 23.3 Å². The van der Waals surface area contributed by atoms with Gasteiger partial charge < -0.3 is 9.84 Å². The van der Waals surface area contributed by atoms with Gasteiger partial charge in [-0.05, 0) is 6.42 Å². The Balaban J connectivity index is 3.41. The zero-order valence-electron chi connectivity index (χ0n) is 8.69. The van der Waals surface area contributed by atoms with E-state index in [2.05, 4.69) is 4.74 Å². The SMILES string of the molecule is CCCOc1c(F)c(F)c(C(=O)O)c(F)c1F. The highest BCUT2D eigenvalue weighted by Crippen LogP contribution is 2.30. The van der Waals surface area contributed by atoms with Gasteiger partial charge in [-0.2, -0.15) is 8.78 Å². The molecule has 0 spiro atoms. The van der Waals surface area contributed by atoms with Crippen molar-refractivity contribution in [1.29, 1.82) is 0 Å². The summed E-state index contributed by atoms with van der Waals surface area (Å²) in [6.07, 6.45) is 0.364. The van der Waals surface area contributed by atoms with Crippen LogP contribution in [0.1, 0.15) is 23.7 Å². The summed E-state index contributed by atoms with van der Waals surface area (Å²) in [6.45, 7) is 1.47. The highest BCUT2D eigenvalue weighted by molar-refractivity contribution is 5.88. The van der Waals surface area contributed by atoms with Gasteiger partial charge >= 0.3 is 5.97 Å². The number of hydrogen-bond acceptors (Lipinski definition) is 2. The molecule has 3 nitrogen and oxygen atoms in total. The van der Waals surface area contributed by atoms with Gasteiger partial charge in [0.1, 0.15) is 5.56 Å². The van der Waals surface area contributed by atoms with E-state index in [1.165, 1.54) is 0 Å². The molecule has 94 valence electrons. The number of carbonyl (C=O) groups is 1. The molecule has 0 aromatic heterocycles. The molecule has 0 heterocycles. The second-order valence-electron chi connectivity index (χ2n) is 3.11. The van der Waals surface area contributed by atoms with E-state index in [4.69, 9.17) is 5.11 Å². The van der Waals surface area contributed by atoms with Crippen LogP contribution in [0.4, 0.5) is 17.6 Å². The molecular formula is C10H8F4O3. The molecule has 0 aliphatic carbocycles. The van der Waals surface area contributed by atoms with Crippen LogP contribution >= 0.6 is 0 Å². The van der Waals surface area contributed by atoms with Crippen molar-refractivity contribution in [3.63, 3.8) is 0 Å². The lowest BCUT2D eigenvalue weighted by atomic mass is 10.1. The van der Waals surface area contributed by atoms with Crippen molar-refractivity contribution in [2.75, 3.05) is 6.61 Å². The molecule has 0 unspecified atom stereocenters. The first-order valence-electron chi connectivity index (χ1n) is 4.63. The Labute approximate surface area is 93.6 Å². The summed E-state index contributed by atoms with van der Waals surface area (Å²) >= 11 is 0. The van der Waals surface area contributed by atoms with Gasteiger partial charge in [0.05, 0.1) is 6.61 Å². The van der Waals surface area contributed by atoms with Crippen LogP contribution in [0.2, 0.25) is 0 Å². The summed E-state index contributed by atoms with van der Waals surface area (Å²) in [5, 5.41) is 8.41. The van der Waals surface area contributed by atoms with Gasteiger partial charge in [0.2, 0.25) is 11.6 Å². The molecule has 0 aliphatic heterocycles. The van der Waals surface area contributed by atoms with Crippen molar-refractivity contribution >= 4 is 5.97 Å². The molecule has 0 atom stereocenters. The van der Waals surface area contributed by atoms with Crippen molar-refractivity contribution in [2.45, 2.75) is 13.3 Å². The fraction of sp³-hybridized carbons (Fsp3) is 0.300. The Morgan fingerprint density at radius 3 is 1.94 bits per heavy atom. The fourth-order valence-corrected chi connectivity index (χ4v) is 1.13. The number of rotatable bonds is 4. The molecule has 0 fully saturated rings. The van der Waals surface area contributed by atoms with E-state index in [0.29, 0.717) is 6.42 Å². The van der Waals surface area contributed by atoms with Crippen molar-refractivity contribution < 1.29 is 32.2 Å². The van der Waals surface area contributed by atoms with E-state index in [1.807, 2.05) is 0 Å². The quantitative estimate of drug-likeness (QED) is 0.662. The van der Waals surface area contributed by atoms with Crippen molar-refractivity contribution in [3.05, 3.63) is 28.8 Å². The molecule has 0 saturated carbocycles. The van der Waals surface area contributed by atoms with Crippen LogP contribution < -0.4 is 4.74 Å². The number of hydrogen-bond donors (Lipinski definition) is 1. The van der Waals surface area contributed by atoms with Gasteiger partial charge in [-0.1, -0.05) is 6.92 Å². The Morgan fingerprint density at radius 2 is 1.59 bits per heavy atom. The summed E-state index contributed by atoms with van der Waals surface area (Å²) in [5.41, 5.74) is -1.68. The largest absolute Gasteiger partial charge is 0.487 e. The first-order valence-corrected chi connectivity index (χ1v) is 4.63. The first kappa shape index (κ1) is 13.3. The number of benzene rings is 1. The number of aromatic carboxylic acids is 1. The van der Waals surface area contributed by atoms with Crippen molar-refractivity contribution in [2.24, 2.45) is 0 Å². The smallest absolute Gasteiger partial charge is 0.341 e. The van der Waals surface area contributed by atoms with Crippen molar-refractivity contribution in [3.8, 4) is 5.75 Å². The van der Waals surface area contributed by atoms with Crippen LogP contribution in [-0.2, 0) is 0 Å². The number of carboxylic acid groups (broad SMARTS) is 1. The Kier molecular flexibility index (Phi) is 3.93. The lowest BCUT2D eigenvalue weighted by Crippen LogP contribution is -2.12. The van der Waals surface area contributed by atoms with Gasteiger partial charge in [0.15, 0.2) is 17.4 Å². The van der Waals surface area contributed by atoms with E-state index in [1.54, 1.807) is 6.92 Å².